The number of ether oxygens (including phenoxy) is 3. The summed E-state index contributed by atoms with van der Waals surface area (Å²) in [6.07, 6.45) is -1.60. The zero-order valence-electron chi connectivity index (χ0n) is 15.8. The van der Waals surface area contributed by atoms with Crippen molar-refractivity contribution in [2.75, 3.05) is 13.7 Å². The SMILES string of the molecule is CCOC1Oc2ccc(C(C)(C)OC(=O)N(C)S(=O)(=O)O)cc2C1(C)C. The van der Waals surface area contributed by atoms with Crippen molar-refractivity contribution >= 4 is 16.4 Å². The molecule has 0 spiro atoms. The molecule has 1 heterocycles. The van der Waals surface area contributed by atoms with Gasteiger partial charge in [-0.3, -0.25) is 4.55 Å². The number of nitrogens with zero attached hydrogens (tertiary/aromatic N) is 1. The Morgan fingerprint density at radius 3 is 2.54 bits per heavy atom. The van der Waals surface area contributed by atoms with Gasteiger partial charge in [-0.05, 0) is 52.3 Å². The van der Waals surface area contributed by atoms with Gasteiger partial charge in [0.15, 0.2) is 0 Å². The smallest absolute Gasteiger partial charge is 0.425 e. The van der Waals surface area contributed by atoms with Crippen LogP contribution in [0.25, 0.3) is 0 Å². The molecule has 146 valence electrons. The van der Waals surface area contributed by atoms with Crippen molar-refractivity contribution in [3.8, 4) is 5.75 Å². The fourth-order valence-electron chi connectivity index (χ4n) is 2.73. The highest BCUT2D eigenvalue weighted by atomic mass is 32.2. The molecule has 0 bridgehead atoms. The fourth-order valence-corrected chi connectivity index (χ4v) is 2.96. The van der Waals surface area contributed by atoms with Crippen LogP contribution in [0.5, 0.6) is 5.75 Å². The van der Waals surface area contributed by atoms with E-state index in [-0.39, 0.29) is 4.31 Å². The largest absolute Gasteiger partial charge is 0.464 e. The highest BCUT2D eigenvalue weighted by Crippen LogP contribution is 2.45. The van der Waals surface area contributed by atoms with Gasteiger partial charge in [0.25, 0.3) is 0 Å². The van der Waals surface area contributed by atoms with Crippen LogP contribution >= 0.6 is 0 Å². The topological polar surface area (TPSA) is 102 Å². The van der Waals surface area contributed by atoms with Crippen LogP contribution in [0.3, 0.4) is 0 Å². The van der Waals surface area contributed by atoms with E-state index >= 15 is 0 Å². The van der Waals surface area contributed by atoms with Gasteiger partial charge in [-0.15, -0.1) is 0 Å². The summed E-state index contributed by atoms with van der Waals surface area (Å²) in [5, 5.41) is 0. The summed E-state index contributed by atoms with van der Waals surface area (Å²) in [5.41, 5.74) is 0.0141. The van der Waals surface area contributed by atoms with Crippen LogP contribution in [0.4, 0.5) is 4.79 Å². The molecule has 0 radical (unpaired) electrons. The summed E-state index contributed by atoms with van der Waals surface area (Å²) in [6, 6.07) is 5.37. The van der Waals surface area contributed by atoms with Gasteiger partial charge in [-0.25, -0.2) is 4.79 Å². The molecule has 0 fully saturated rings. The maximum atomic E-state index is 12.0. The Bertz CT molecular complexity index is 801. The normalized spacial score (nSPS) is 18.8. The predicted molar refractivity (Wildman–Crippen MR) is 94.3 cm³/mol. The van der Waals surface area contributed by atoms with Gasteiger partial charge >= 0.3 is 16.4 Å². The molecule has 1 N–H and O–H groups in total. The maximum Gasteiger partial charge on any atom is 0.425 e. The van der Waals surface area contributed by atoms with E-state index in [9.17, 15) is 13.2 Å². The van der Waals surface area contributed by atoms with E-state index in [0.717, 1.165) is 12.6 Å². The van der Waals surface area contributed by atoms with Crippen LogP contribution in [0.2, 0.25) is 0 Å². The molecule has 26 heavy (non-hydrogen) atoms. The second kappa shape index (κ2) is 6.71. The number of benzene rings is 1. The van der Waals surface area contributed by atoms with Crippen LogP contribution in [-0.4, -0.2) is 43.3 Å². The first kappa shape index (κ1) is 20.5. The number of fused-ring (bicyclic) bond motifs is 1. The molecule has 1 aromatic rings. The molecule has 1 aliphatic rings. The molecule has 1 aliphatic heterocycles. The van der Waals surface area contributed by atoms with Crippen molar-refractivity contribution in [1.29, 1.82) is 0 Å². The molecule has 0 aliphatic carbocycles. The lowest BCUT2D eigenvalue weighted by atomic mass is 9.83. The third kappa shape index (κ3) is 3.79. The molecule has 1 unspecified atom stereocenters. The van der Waals surface area contributed by atoms with Gasteiger partial charge in [0.1, 0.15) is 11.4 Å². The highest BCUT2D eigenvalue weighted by Gasteiger charge is 2.43. The number of carbonyl (C=O) groups excluding carboxylic acids is 1. The van der Waals surface area contributed by atoms with Crippen molar-refractivity contribution in [2.45, 2.75) is 51.9 Å². The molecule has 1 amide bonds. The number of hydrogen-bond acceptors (Lipinski definition) is 6. The Hall–Kier alpha value is -1.84. The summed E-state index contributed by atoms with van der Waals surface area (Å²) >= 11 is 0. The van der Waals surface area contributed by atoms with Crippen LogP contribution in [0, 0.1) is 0 Å². The van der Waals surface area contributed by atoms with E-state index in [1.54, 1.807) is 26.0 Å². The van der Waals surface area contributed by atoms with Gasteiger partial charge < -0.3 is 14.2 Å². The monoisotopic (exact) mass is 387 g/mol. The molecule has 1 aromatic carbocycles. The second-order valence-corrected chi connectivity index (χ2v) is 8.60. The summed E-state index contributed by atoms with van der Waals surface area (Å²) in [5.74, 6) is 0.689. The number of carbonyl (C=O) groups is 1. The lowest BCUT2D eigenvalue weighted by molar-refractivity contribution is -0.0982. The first-order valence-electron chi connectivity index (χ1n) is 8.18. The Morgan fingerprint density at radius 1 is 1.38 bits per heavy atom. The van der Waals surface area contributed by atoms with E-state index < -0.39 is 33.7 Å². The van der Waals surface area contributed by atoms with Gasteiger partial charge in [0, 0.05) is 19.2 Å². The third-order valence-electron chi connectivity index (χ3n) is 4.46. The van der Waals surface area contributed by atoms with Crippen molar-refractivity contribution in [2.24, 2.45) is 0 Å². The Balaban J connectivity index is 2.31. The summed E-state index contributed by atoms with van der Waals surface area (Å²) in [4.78, 5) is 12.0. The summed E-state index contributed by atoms with van der Waals surface area (Å²) < 4.78 is 48.1. The predicted octanol–water partition coefficient (Wildman–Crippen LogP) is 2.83. The van der Waals surface area contributed by atoms with Gasteiger partial charge in [0.2, 0.25) is 6.29 Å². The molecule has 1 atom stereocenters. The quantitative estimate of drug-likeness (QED) is 0.775. The lowest BCUT2D eigenvalue weighted by Gasteiger charge is -2.29. The van der Waals surface area contributed by atoms with E-state index in [0.29, 0.717) is 17.9 Å². The second-order valence-electron chi connectivity index (χ2n) is 7.16. The number of amides is 1. The van der Waals surface area contributed by atoms with Crippen LogP contribution in [-0.2, 0) is 30.8 Å². The van der Waals surface area contributed by atoms with E-state index in [1.807, 2.05) is 26.8 Å². The van der Waals surface area contributed by atoms with E-state index in [4.69, 9.17) is 18.8 Å². The minimum atomic E-state index is -4.68. The minimum Gasteiger partial charge on any atom is -0.464 e. The molecule has 0 saturated carbocycles. The van der Waals surface area contributed by atoms with Crippen LogP contribution in [0.1, 0.15) is 45.7 Å². The van der Waals surface area contributed by atoms with Crippen molar-refractivity contribution in [3.05, 3.63) is 29.3 Å². The molecule has 9 heteroatoms. The Morgan fingerprint density at radius 2 is 2.00 bits per heavy atom. The Labute approximate surface area is 153 Å². The molecular formula is C17H25NO7S. The number of rotatable bonds is 5. The average molecular weight is 387 g/mol. The molecule has 0 saturated heterocycles. The maximum absolute atomic E-state index is 12.0. The van der Waals surface area contributed by atoms with Gasteiger partial charge in [-0.1, -0.05) is 6.07 Å². The van der Waals surface area contributed by atoms with Gasteiger partial charge in [-0.2, -0.15) is 12.7 Å². The highest BCUT2D eigenvalue weighted by molar-refractivity contribution is 7.83. The summed E-state index contributed by atoms with van der Waals surface area (Å²) in [7, 11) is -3.76. The van der Waals surface area contributed by atoms with E-state index in [1.165, 1.54) is 0 Å². The van der Waals surface area contributed by atoms with E-state index in [2.05, 4.69) is 0 Å². The molecule has 2 rings (SSSR count). The van der Waals surface area contributed by atoms with Crippen molar-refractivity contribution < 1.29 is 32.0 Å². The fraction of sp³-hybridized carbons (Fsp3) is 0.588. The Kier molecular flexibility index (Phi) is 5.29. The lowest BCUT2D eigenvalue weighted by Crippen LogP contribution is -2.38. The first-order chi connectivity index (χ1) is 11.8. The van der Waals surface area contributed by atoms with Crippen LogP contribution < -0.4 is 4.74 Å². The first-order valence-corrected chi connectivity index (χ1v) is 9.58. The van der Waals surface area contributed by atoms with Gasteiger partial charge in [0.05, 0.1) is 5.41 Å². The van der Waals surface area contributed by atoms with Crippen molar-refractivity contribution in [1.82, 2.24) is 4.31 Å². The molecular weight excluding hydrogens is 362 g/mol. The van der Waals surface area contributed by atoms with Crippen LogP contribution in [0.15, 0.2) is 18.2 Å². The molecule has 0 aromatic heterocycles. The minimum absolute atomic E-state index is 0.139. The standard InChI is InChI=1S/C17H25NO7S/c1-7-23-14-16(2,3)12-10-11(8-9-13(12)24-14)17(4,5)25-15(19)18(6)26(20,21)22/h8-10,14H,7H2,1-6H3,(H,20,21,22). The molecule has 8 nitrogen and oxygen atoms in total. The zero-order valence-corrected chi connectivity index (χ0v) is 16.6. The number of hydrogen-bond donors (Lipinski definition) is 1. The third-order valence-corrected chi connectivity index (χ3v) is 5.30. The zero-order chi connectivity index (χ0) is 19.9. The summed E-state index contributed by atoms with van der Waals surface area (Å²) in [6.45, 7) is 9.66. The average Bonchev–Trinajstić information content (AvgIpc) is 2.76. The van der Waals surface area contributed by atoms with Crippen molar-refractivity contribution in [3.63, 3.8) is 0 Å².